The molecule has 96 valence electrons. The third kappa shape index (κ3) is 5.86. The van der Waals surface area contributed by atoms with Gasteiger partial charge in [0.2, 0.25) is 0 Å². The zero-order valence-electron chi connectivity index (χ0n) is 11.3. The molecule has 0 spiro atoms. The lowest BCUT2D eigenvalue weighted by molar-refractivity contribution is 0.0573. The number of rotatable bonds is 7. The van der Waals surface area contributed by atoms with Crippen molar-refractivity contribution in [1.82, 2.24) is 5.32 Å². The molecule has 1 aliphatic rings. The third-order valence-corrected chi connectivity index (χ3v) is 3.50. The summed E-state index contributed by atoms with van der Waals surface area (Å²) in [6.07, 6.45) is 5.32. The molecule has 2 heteroatoms. The maximum Gasteiger partial charge on any atom is 0.0468 e. The minimum absolute atomic E-state index is 0.823. The maximum atomic E-state index is 5.43. The van der Waals surface area contributed by atoms with Crippen LogP contribution in [0.25, 0.3) is 0 Å². The van der Waals surface area contributed by atoms with Crippen molar-refractivity contribution in [3.8, 4) is 0 Å². The monoisotopic (exact) mass is 227 g/mol. The Morgan fingerprint density at radius 2 is 1.94 bits per heavy atom. The van der Waals surface area contributed by atoms with Crippen LogP contribution in [0, 0.1) is 17.8 Å². The van der Waals surface area contributed by atoms with Crippen molar-refractivity contribution in [1.29, 1.82) is 0 Å². The molecule has 0 aromatic heterocycles. The second-order valence-electron chi connectivity index (χ2n) is 5.59. The molecule has 1 fully saturated rings. The van der Waals surface area contributed by atoms with Crippen LogP contribution in [0.4, 0.5) is 0 Å². The van der Waals surface area contributed by atoms with E-state index >= 15 is 0 Å². The van der Waals surface area contributed by atoms with E-state index in [0.29, 0.717) is 0 Å². The van der Waals surface area contributed by atoms with E-state index in [-0.39, 0.29) is 0 Å². The van der Waals surface area contributed by atoms with Gasteiger partial charge in [-0.2, -0.15) is 0 Å². The maximum absolute atomic E-state index is 5.43. The van der Waals surface area contributed by atoms with Crippen molar-refractivity contribution in [3.63, 3.8) is 0 Å². The summed E-state index contributed by atoms with van der Waals surface area (Å²) in [6, 6.07) is 0. The van der Waals surface area contributed by atoms with Crippen molar-refractivity contribution in [3.05, 3.63) is 0 Å². The number of nitrogens with one attached hydrogen (secondary N) is 1. The van der Waals surface area contributed by atoms with Crippen LogP contribution < -0.4 is 5.32 Å². The van der Waals surface area contributed by atoms with Gasteiger partial charge in [0.05, 0.1) is 0 Å². The van der Waals surface area contributed by atoms with Gasteiger partial charge in [0.1, 0.15) is 0 Å². The van der Waals surface area contributed by atoms with E-state index in [1.165, 1.54) is 32.2 Å². The topological polar surface area (TPSA) is 21.3 Å². The molecule has 0 bridgehead atoms. The molecule has 2 nitrogen and oxygen atoms in total. The quantitative estimate of drug-likeness (QED) is 0.721. The summed E-state index contributed by atoms with van der Waals surface area (Å²) < 4.78 is 5.43. The lowest BCUT2D eigenvalue weighted by Gasteiger charge is -2.27. The van der Waals surface area contributed by atoms with Crippen LogP contribution in [0.2, 0.25) is 0 Å². The van der Waals surface area contributed by atoms with Crippen molar-refractivity contribution >= 4 is 0 Å². The summed E-state index contributed by atoms with van der Waals surface area (Å²) in [5, 5.41) is 3.51. The van der Waals surface area contributed by atoms with E-state index in [1.54, 1.807) is 0 Å². The Morgan fingerprint density at radius 1 is 1.25 bits per heavy atom. The molecule has 1 rings (SSSR count). The van der Waals surface area contributed by atoms with Gasteiger partial charge < -0.3 is 10.1 Å². The first-order valence-corrected chi connectivity index (χ1v) is 7.00. The number of ether oxygens (including phenoxy) is 1. The Hall–Kier alpha value is -0.0800. The lowest BCUT2D eigenvalue weighted by Crippen LogP contribution is -2.27. The van der Waals surface area contributed by atoms with Crippen LogP contribution in [-0.4, -0.2) is 26.3 Å². The van der Waals surface area contributed by atoms with Gasteiger partial charge in [-0.05, 0) is 56.5 Å². The molecule has 16 heavy (non-hydrogen) atoms. The zero-order valence-corrected chi connectivity index (χ0v) is 11.3. The molecular formula is C14H29NO. The van der Waals surface area contributed by atoms with E-state index in [4.69, 9.17) is 4.74 Å². The molecule has 1 N–H and O–H groups in total. The lowest BCUT2D eigenvalue weighted by atomic mass is 9.84. The third-order valence-electron chi connectivity index (χ3n) is 3.50. The largest absolute Gasteiger partial charge is 0.381 e. The van der Waals surface area contributed by atoms with E-state index in [9.17, 15) is 0 Å². The fraction of sp³-hybridized carbons (Fsp3) is 1.00. The highest BCUT2D eigenvalue weighted by molar-refractivity contribution is 4.72. The van der Waals surface area contributed by atoms with Crippen LogP contribution in [0.5, 0.6) is 0 Å². The molecule has 0 saturated carbocycles. The predicted octanol–water partition coefficient (Wildman–Crippen LogP) is 3.07. The van der Waals surface area contributed by atoms with Crippen LogP contribution in [0.15, 0.2) is 0 Å². The summed E-state index contributed by atoms with van der Waals surface area (Å²) in [5.41, 5.74) is 0. The van der Waals surface area contributed by atoms with Gasteiger partial charge in [-0.15, -0.1) is 0 Å². The highest BCUT2D eigenvalue weighted by Gasteiger charge is 2.19. The number of hydrogen-bond donors (Lipinski definition) is 1. The SMILES string of the molecule is CCNCC(CC(C)C)CC1CCOCC1. The highest BCUT2D eigenvalue weighted by atomic mass is 16.5. The predicted molar refractivity (Wildman–Crippen MR) is 69.6 cm³/mol. The van der Waals surface area contributed by atoms with Crippen molar-refractivity contribution in [2.45, 2.75) is 46.5 Å². The van der Waals surface area contributed by atoms with E-state index in [0.717, 1.165) is 37.5 Å². The summed E-state index contributed by atoms with van der Waals surface area (Å²) in [5.74, 6) is 2.60. The van der Waals surface area contributed by atoms with Crippen LogP contribution in [0.1, 0.15) is 46.5 Å². The van der Waals surface area contributed by atoms with Gasteiger partial charge in [0.15, 0.2) is 0 Å². The molecule has 0 aliphatic carbocycles. The molecule has 1 unspecified atom stereocenters. The van der Waals surface area contributed by atoms with Crippen LogP contribution in [0.3, 0.4) is 0 Å². The summed E-state index contributed by atoms with van der Waals surface area (Å²) in [4.78, 5) is 0. The standard InChI is InChI=1S/C14H29NO/c1-4-15-11-14(9-12(2)3)10-13-5-7-16-8-6-13/h12-15H,4-11H2,1-3H3. The zero-order chi connectivity index (χ0) is 11.8. The Balaban J connectivity index is 2.28. The molecule has 0 radical (unpaired) electrons. The van der Waals surface area contributed by atoms with Gasteiger partial charge in [-0.25, -0.2) is 0 Å². The van der Waals surface area contributed by atoms with Crippen molar-refractivity contribution in [2.24, 2.45) is 17.8 Å². The Morgan fingerprint density at radius 3 is 2.50 bits per heavy atom. The van der Waals surface area contributed by atoms with Crippen molar-refractivity contribution in [2.75, 3.05) is 26.3 Å². The van der Waals surface area contributed by atoms with E-state index in [2.05, 4.69) is 26.1 Å². The second kappa shape index (κ2) is 8.08. The fourth-order valence-electron chi connectivity index (χ4n) is 2.73. The van der Waals surface area contributed by atoms with Crippen molar-refractivity contribution < 1.29 is 4.74 Å². The molecule has 1 aliphatic heterocycles. The first-order chi connectivity index (χ1) is 7.72. The van der Waals surface area contributed by atoms with Gasteiger partial charge in [0.25, 0.3) is 0 Å². The molecule has 0 amide bonds. The second-order valence-corrected chi connectivity index (χ2v) is 5.59. The summed E-state index contributed by atoms with van der Waals surface area (Å²) in [7, 11) is 0. The molecule has 1 heterocycles. The first-order valence-electron chi connectivity index (χ1n) is 7.00. The van der Waals surface area contributed by atoms with Gasteiger partial charge >= 0.3 is 0 Å². The smallest absolute Gasteiger partial charge is 0.0468 e. The minimum atomic E-state index is 0.823. The molecule has 1 saturated heterocycles. The van der Waals surface area contributed by atoms with Gasteiger partial charge in [0, 0.05) is 13.2 Å². The average Bonchev–Trinajstić information content (AvgIpc) is 2.26. The molecule has 0 aromatic carbocycles. The number of hydrogen-bond acceptors (Lipinski definition) is 2. The Kier molecular flexibility index (Phi) is 7.06. The van der Waals surface area contributed by atoms with E-state index in [1.807, 2.05) is 0 Å². The average molecular weight is 227 g/mol. The molecular weight excluding hydrogens is 198 g/mol. The highest BCUT2D eigenvalue weighted by Crippen LogP contribution is 2.26. The van der Waals surface area contributed by atoms with Gasteiger partial charge in [-0.3, -0.25) is 0 Å². The van der Waals surface area contributed by atoms with Crippen LogP contribution in [-0.2, 0) is 4.74 Å². The van der Waals surface area contributed by atoms with E-state index < -0.39 is 0 Å². The molecule has 0 aromatic rings. The Bertz CT molecular complexity index is 164. The Labute approximate surface area is 101 Å². The van der Waals surface area contributed by atoms with Gasteiger partial charge in [-0.1, -0.05) is 20.8 Å². The summed E-state index contributed by atoms with van der Waals surface area (Å²) in [6.45, 7) is 11.1. The fourth-order valence-corrected chi connectivity index (χ4v) is 2.73. The summed E-state index contributed by atoms with van der Waals surface area (Å²) >= 11 is 0. The molecule has 1 atom stereocenters. The minimum Gasteiger partial charge on any atom is -0.381 e. The van der Waals surface area contributed by atoms with Crippen LogP contribution >= 0.6 is 0 Å². The first kappa shape index (κ1) is 14.0. The normalized spacial score (nSPS) is 20.2.